The molecule has 0 radical (unpaired) electrons. The summed E-state index contributed by atoms with van der Waals surface area (Å²) in [4.78, 5) is 25.5. The van der Waals surface area contributed by atoms with Crippen LogP contribution in [0.15, 0.2) is 24.3 Å². The average molecular weight is 306 g/mol. The zero-order valence-corrected chi connectivity index (χ0v) is 13.8. The maximum atomic E-state index is 12.4. The number of rotatable bonds is 6. The molecule has 0 aromatic heterocycles. The van der Waals surface area contributed by atoms with Crippen molar-refractivity contribution in [3.8, 4) is 0 Å². The monoisotopic (exact) mass is 306 g/mol. The van der Waals surface area contributed by atoms with Crippen LogP contribution in [0.5, 0.6) is 0 Å². The molecule has 0 saturated carbocycles. The van der Waals surface area contributed by atoms with E-state index in [1.54, 1.807) is 38.4 Å². The van der Waals surface area contributed by atoms with E-state index in [0.29, 0.717) is 17.8 Å². The molecule has 3 amide bonds. The van der Waals surface area contributed by atoms with Crippen LogP contribution in [0.3, 0.4) is 0 Å². The number of carbonyl (C=O) groups is 2. The van der Waals surface area contributed by atoms with Crippen LogP contribution in [-0.4, -0.2) is 43.0 Å². The minimum atomic E-state index is -0.389. The van der Waals surface area contributed by atoms with Gasteiger partial charge in [-0.15, -0.1) is 0 Å². The molecule has 0 atom stereocenters. The summed E-state index contributed by atoms with van der Waals surface area (Å²) < 4.78 is 0. The predicted octanol–water partition coefficient (Wildman–Crippen LogP) is 2.03. The number of nitrogens with two attached hydrogens (primary N) is 1. The highest BCUT2D eigenvalue weighted by molar-refractivity contribution is 5.97. The van der Waals surface area contributed by atoms with Gasteiger partial charge in [-0.3, -0.25) is 4.79 Å². The number of urea groups is 1. The van der Waals surface area contributed by atoms with Gasteiger partial charge in [0, 0.05) is 31.9 Å². The van der Waals surface area contributed by atoms with Gasteiger partial charge in [-0.2, -0.15) is 0 Å². The van der Waals surface area contributed by atoms with Crippen molar-refractivity contribution < 1.29 is 9.59 Å². The van der Waals surface area contributed by atoms with E-state index in [9.17, 15) is 9.59 Å². The van der Waals surface area contributed by atoms with Crippen molar-refractivity contribution in [2.24, 2.45) is 5.73 Å². The standard InChI is InChI=1S/C16H26N4O2/c1-5-16(6-2,11-17)19-14(21)12-8-7-9-13(10-12)18-15(22)20(3)4/h7-10H,5-6,11,17H2,1-4H3,(H,18,22)(H,19,21). The fraction of sp³-hybridized carbons (Fsp3) is 0.500. The second-order valence-electron chi connectivity index (χ2n) is 5.55. The van der Waals surface area contributed by atoms with E-state index in [4.69, 9.17) is 5.73 Å². The highest BCUT2D eigenvalue weighted by Crippen LogP contribution is 2.16. The van der Waals surface area contributed by atoms with Crippen molar-refractivity contribution in [2.45, 2.75) is 32.2 Å². The Labute approximate surface area is 132 Å². The van der Waals surface area contributed by atoms with Crippen LogP contribution in [-0.2, 0) is 0 Å². The number of hydrogen-bond acceptors (Lipinski definition) is 3. The van der Waals surface area contributed by atoms with Crippen LogP contribution in [0.2, 0.25) is 0 Å². The Morgan fingerprint density at radius 2 is 1.86 bits per heavy atom. The average Bonchev–Trinajstić information content (AvgIpc) is 2.52. The van der Waals surface area contributed by atoms with Crippen molar-refractivity contribution in [1.29, 1.82) is 0 Å². The minimum absolute atomic E-state index is 0.185. The van der Waals surface area contributed by atoms with Crippen molar-refractivity contribution in [3.05, 3.63) is 29.8 Å². The van der Waals surface area contributed by atoms with Crippen LogP contribution >= 0.6 is 0 Å². The summed E-state index contributed by atoms with van der Waals surface area (Å²) >= 11 is 0. The zero-order valence-electron chi connectivity index (χ0n) is 13.8. The molecule has 0 aliphatic carbocycles. The van der Waals surface area contributed by atoms with Crippen molar-refractivity contribution >= 4 is 17.6 Å². The number of nitrogens with zero attached hydrogens (tertiary/aromatic N) is 1. The van der Waals surface area contributed by atoms with Gasteiger partial charge >= 0.3 is 6.03 Å². The van der Waals surface area contributed by atoms with E-state index >= 15 is 0 Å². The van der Waals surface area contributed by atoms with Gasteiger partial charge in [-0.1, -0.05) is 19.9 Å². The molecule has 0 aliphatic rings. The number of amides is 3. The van der Waals surface area contributed by atoms with E-state index in [-0.39, 0.29) is 17.5 Å². The first-order chi connectivity index (χ1) is 10.4. The van der Waals surface area contributed by atoms with E-state index in [1.807, 2.05) is 13.8 Å². The molecule has 1 aromatic rings. The first-order valence-electron chi connectivity index (χ1n) is 7.48. The molecular formula is C16H26N4O2. The summed E-state index contributed by atoms with van der Waals surface area (Å²) in [5.74, 6) is -0.185. The maximum absolute atomic E-state index is 12.4. The first-order valence-corrected chi connectivity index (χ1v) is 7.48. The number of hydrogen-bond donors (Lipinski definition) is 3. The molecule has 4 N–H and O–H groups in total. The lowest BCUT2D eigenvalue weighted by molar-refractivity contribution is 0.0895. The Kier molecular flexibility index (Phi) is 6.37. The topological polar surface area (TPSA) is 87.5 Å². The number of anilines is 1. The van der Waals surface area contributed by atoms with Crippen LogP contribution in [0.25, 0.3) is 0 Å². The van der Waals surface area contributed by atoms with E-state index in [0.717, 1.165) is 12.8 Å². The number of benzene rings is 1. The molecule has 6 nitrogen and oxygen atoms in total. The summed E-state index contributed by atoms with van der Waals surface area (Å²) in [6.07, 6.45) is 1.53. The smallest absolute Gasteiger partial charge is 0.321 e. The SMILES string of the molecule is CCC(CC)(CN)NC(=O)c1cccc(NC(=O)N(C)C)c1. The first kappa shape index (κ1) is 18.0. The molecule has 0 unspecified atom stereocenters. The van der Waals surface area contributed by atoms with Crippen molar-refractivity contribution in [3.63, 3.8) is 0 Å². The molecule has 0 bridgehead atoms. The van der Waals surface area contributed by atoms with E-state index < -0.39 is 0 Å². The molecule has 1 rings (SSSR count). The maximum Gasteiger partial charge on any atom is 0.321 e. The normalized spacial score (nSPS) is 11.0. The molecule has 1 aromatic carbocycles. The number of nitrogens with one attached hydrogen (secondary N) is 2. The quantitative estimate of drug-likeness (QED) is 0.751. The molecule has 0 aliphatic heterocycles. The molecule has 22 heavy (non-hydrogen) atoms. The molecule has 0 heterocycles. The minimum Gasteiger partial charge on any atom is -0.345 e. The van der Waals surface area contributed by atoms with Gasteiger partial charge in [0.2, 0.25) is 0 Å². The van der Waals surface area contributed by atoms with E-state index in [1.165, 1.54) is 4.90 Å². The van der Waals surface area contributed by atoms with Crippen LogP contribution in [0, 0.1) is 0 Å². The Morgan fingerprint density at radius 3 is 2.36 bits per heavy atom. The van der Waals surface area contributed by atoms with Gasteiger partial charge in [0.05, 0.1) is 5.54 Å². The van der Waals surface area contributed by atoms with Gasteiger partial charge < -0.3 is 21.3 Å². The lowest BCUT2D eigenvalue weighted by atomic mass is 9.92. The third-order valence-electron chi connectivity index (χ3n) is 3.91. The largest absolute Gasteiger partial charge is 0.345 e. The van der Waals surface area contributed by atoms with Gasteiger partial charge in [-0.25, -0.2) is 4.79 Å². The lowest BCUT2D eigenvalue weighted by Gasteiger charge is -2.31. The Balaban J connectivity index is 2.89. The summed E-state index contributed by atoms with van der Waals surface area (Å²) in [7, 11) is 3.31. The summed E-state index contributed by atoms with van der Waals surface area (Å²) in [5.41, 5.74) is 6.50. The second-order valence-corrected chi connectivity index (χ2v) is 5.55. The number of carbonyl (C=O) groups excluding carboxylic acids is 2. The lowest BCUT2D eigenvalue weighted by Crippen LogP contribution is -2.52. The van der Waals surface area contributed by atoms with Gasteiger partial charge in [-0.05, 0) is 31.0 Å². The molecule has 0 spiro atoms. The molecule has 0 saturated heterocycles. The Morgan fingerprint density at radius 1 is 1.23 bits per heavy atom. The van der Waals surface area contributed by atoms with E-state index in [2.05, 4.69) is 10.6 Å². The summed E-state index contributed by atoms with van der Waals surface area (Å²) in [5, 5.41) is 5.74. The predicted molar refractivity (Wildman–Crippen MR) is 89.0 cm³/mol. The van der Waals surface area contributed by atoms with Crippen molar-refractivity contribution in [2.75, 3.05) is 26.0 Å². The van der Waals surface area contributed by atoms with Crippen LogP contribution in [0.1, 0.15) is 37.0 Å². The molecular weight excluding hydrogens is 280 g/mol. The highest BCUT2D eigenvalue weighted by atomic mass is 16.2. The fourth-order valence-corrected chi connectivity index (χ4v) is 2.05. The third kappa shape index (κ3) is 4.46. The Hall–Kier alpha value is -2.08. The third-order valence-corrected chi connectivity index (χ3v) is 3.91. The highest BCUT2D eigenvalue weighted by Gasteiger charge is 2.26. The fourth-order valence-electron chi connectivity index (χ4n) is 2.05. The summed E-state index contributed by atoms with van der Waals surface area (Å²) in [6.45, 7) is 4.40. The molecule has 6 heteroatoms. The molecule has 0 fully saturated rings. The summed E-state index contributed by atoms with van der Waals surface area (Å²) in [6, 6.07) is 6.61. The van der Waals surface area contributed by atoms with Crippen LogP contribution < -0.4 is 16.4 Å². The Bertz CT molecular complexity index is 516. The second kappa shape index (κ2) is 7.79. The molecule has 122 valence electrons. The van der Waals surface area contributed by atoms with Crippen LogP contribution in [0.4, 0.5) is 10.5 Å². The van der Waals surface area contributed by atoms with Gasteiger partial charge in [0.25, 0.3) is 5.91 Å². The van der Waals surface area contributed by atoms with Crippen molar-refractivity contribution in [1.82, 2.24) is 10.2 Å². The van der Waals surface area contributed by atoms with Gasteiger partial charge in [0.15, 0.2) is 0 Å². The van der Waals surface area contributed by atoms with Gasteiger partial charge in [0.1, 0.15) is 0 Å². The zero-order chi connectivity index (χ0) is 16.8.